The highest BCUT2D eigenvalue weighted by Crippen LogP contribution is 2.12. The maximum atomic E-state index is 11.9. The fourth-order valence-corrected chi connectivity index (χ4v) is 1.95. The first-order valence-corrected chi connectivity index (χ1v) is 5.65. The first-order chi connectivity index (χ1) is 7.31. The van der Waals surface area contributed by atoms with Gasteiger partial charge in [-0.05, 0) is 25.3 Å². The van der Waals surface area contributed by atoms with Crippen molar-refractivity contribution in [3.63, 3.8) is 0 Å². The van der Waals surface area contributed by atoms with Gasteiger partial charge in [-0.15, -0.1) is 0 Å². The smallest absolute Gasteiger partial charge is 0.274 e. The molecule has 1 aliphatic rings. The van der Waals surface area contributed by atoms with Gasteiger partial charge in [0, 0.05) is 18.8 Å². The van der Waals surface area contributed by atoms with Gasteiger partial charge in [-0.25, -0.2) is 0 Å². The van der Waals surface area contributed by atoms with Gasteiger partial charge < -0.3 is 4.90 Å². The van der Waals surface area contributed by atoms with E-state index < -0.39 is 0 Å². The van der Waals surface area contributed by atoms with Crippen LogP contribution in [0.5, 0.6) is 0 Å². The van der Waals surface area contributed by atoms with Crippen molar-refractivity contribution in [3.05, 3.63) is 17.5 Å². The number of aryl methyl sites for hydroxylation is 1. The largest absolute Gasteiger partial charge is 0.337 e. The molecule has 1 N–H and O–H groups in total. The number of aromatic amines is 1. The Labute approximate surface area is 89.7 Å². The monoisotopic (exact) mass is 207 g/mol. The van der Waals surface area contributed by atoms with Crippen LogP contribution in [0.2, 0.25) is 0 Å². The second-order valence-electron chi connectivity index (χ2n) is 4.03. The quantitative estimate of drug-likeness (QED) is 0.818. The second-order valence-corrected chi connectivity index (χ2v) is 4.03. The van der Waals surface area contributed by atoms with Crippen LogP contribution in [-0.4, -0.2) is 34.1 Å². The van der Waals surface area contributed by atoms with Gasteiger partial charge in [0.25, 0.3) is 5.91 Å². The molecule has 15 heavy (non-hydrogen) atoms. The molecule has 0 spiro atoms. The van der Waals surface area contributed by atoms with E-state index in [-0.39, 0.29) is 5.91 Å². The van der Waals surface area contributed by atoms with E-state index in [0.717, 1.165) is 44.5 Å². The van der Waals surface area contributed by atoms with Crippen molar-refractivity contribution >= 4 is 5.91 Å². The van der Waals surface area contributed by atoms with Crippen LogP contribution in [0, 0.1) is 0 Å². The molecule has 4 nitrogen and oxygen atoms in total. The topological polar surface area (TPSA) is 49.0 Å². The van der Waals surface area contributed by atoms with Crippen LogP contribution in [0.1, 0.15) is 42.4 Å². The molecule has 0 atom stereocenters. The minimum absolute atomic E-state index is 0.0751. The fraction of sp³-hybridized carbons (Fsp3) is 0.636. The van der Waals surface area contributed by atoms with Crippen molar-refractivity contribution in [1.29, 1.82) is 0 Å². The maximum absolute atomic E-state index is 11.9. The van der Waals surface area contributed by atoms with Crippen LogP contribution < -0.4 is 0 Å². The fourth-order valence-electron chi connectivity index (χ4n) is 1.95. The standard InChI is InChI=1S/C11H17N3O/c1-2-5-9-8-10(13-12-9)11(15)14-6-3-4-7-14/h8H,2-7H2,1H3,(H,12,13). The van der Waals surface area contributed by atoms with E-state index in [2.05, 4.69) is 17.1 Å². The molecule has 0 bridgehead atoms. The van der Waals surface area contributed by atoms with Crippen LogP contribution >= 0.6 is 0 Å². The zero-order valence-corrected chi connectivity index (χ0v) is 9.12. The summed E-state index contributed by atoms with van der Waals surface area (Å²) in [6, 6.07) is 1.88. The molecule has 0 aliphatic carbocycles. The Bertz CT molecular complexity index is 339. The second kappa shape index (κ2) is 4.47. The third-order valence-corrected chi connectivity index (χ3v) is 2.76. The van der Waals surface area contributed by atoms with Crippen LogP contribution in [0.15, 0.2) is 6.07 Å². The molecule has 0 radical (unpaired) electrons. The van der Waals surface area contributed by atoms with Gasteiger partial charge in [-0.3, -0.25) is 9.89 Å². The third kappa shape index (κ3) is 2.19. The van der Waals surface area contributed by atoms with E-state index in [9.17, 15) is 4.79 Å². The van der Waals surface area contributed by atoms with Crippen LogP contribution in [0.4, 0.5) is 0 Å². The highest BCUT2D eigenvalue weighted by Gasteiger charge is 2.21. The molecule has 0 unspecified atom stereocenters. The molecule has 82 valence electrons. The van der Waals surface area contributed by atoms with Crippen molar-refractivity contribution in [2.75, 3.05) is 13.1 Å². The van der Waals surface area contributed by atoms with Gasteiger partial charge in [0.2, 0.25) is 0 Å². The summed E-state index contributed by atoms with van der Waals surface area (Å²) >= 11 is 0. The number of hydrogen-bond donors (Lipinski definition) is 1. The van der Waals surface area contributed by atoms with E-state index in [4.69, 9.17) is 0 Å². The van der Waals surface area contributed by atoms with E-state index in [1.165, 1.54) is 0 Å². The number of aromatic nitrogens is 2. The van der Waals surface area contributed by atoms with Gasteiger partial charge in [0.15, 0.2) is 0 Å². The van der Waals surface area contributed by atoms with Gasteiger partial charge in [-0.1, -0.05) is 13.3 Å². The Hall–Kier alpha value is -1.32. The molecule has 4 heteroatoms. The number of nitrogens with one attached hydrogen (secondary N) is 1. The number of nitrogens with zero attached hydrogens (tertiary/aromatic N) is 2. The number of rotatable bonds is 3. The van der Waals surface area contributed by atoms with E-state index in [1.807, 2.05) is 11.0 Å². The van der Waals surface area contributed by atoms with Crippen LogP contribution in [0.3, 0.4) is 0 Å². The first-order valence-electron chi connectivity index (χ1n) is 5.65. The summed E-state index contributed by atoms with van der Waals surface area (Å²) in [7, 11) is 0. The summed E-state index contributed by atoms with van der Waals surface area (Å²) in [5.74, 6) is 0.0751. The average molecular weight is 207 g/mol. The lowest BCUT2D eigenvalue weighted by Crippen LogP contribution is -2.27. The molecule has 1 aromatic rings. The van der Waals surface area contributed by atoms with Crippen LogP contribution in [-0.2, 0) is 6.42 Å². The molecule has 2 rings (SSSR count). The minimum Gasteiger partial charge on any atom is -0.337 e. The van der Waals surface area contributed by atoms with Crippen LogP contribution in [0.25, 0.3) is 0 Å². The number of carbonyl (C=O) groups excluding carboxylic acids is 1. The Morgan fingerprint density at radius 2 is 2.27 bits per heavy atom. The predicted molar refractivity (Wildman–Crippen MR) is 57.7 cm³/mol. The number of hydrogen-bond acceptors (Lipinski definition) is 2. The summed E-state index contributed by atoms with van der Waals surface area (Å²) in [5.41, 5.74) is 1.63. The zero-order valence-electron chi connectivity index (χ0n) is 9.12. The summed E-state index contributed by atoms with van der Waals surface area (Å²) in [6.45, 7) is 3.88. The number of H-pyrrole nitrogens is 1. The molecule has 1 amide bonds. The number of amides is 1. The normalized spacial score (nSPS) is 15.9. The van der Waals surface area contributed by atoms with Gasteiger partial charge in [0.05, 0.1) is 0 Å². The summed E-state index contributed by atoms with van der Waals surface area (Å²) in [6.07, 6.45) is 4.27. The zero-order chi connectivity index (χ0) is 10.7. The molecule has 1 saturated heterocycles. The van der Waals surface area contributed by atoms with Gasteiger partial charge in [0.1, 0.15) is 5.69 Å². The summed E-state index contributed by atoms with van der Waals surface area (Å²) < 4.78 is 0. The Morgan fingerprint density at radius 3 is 2.93 bits per heavy atom. The highest BCUT2D eigenvalue weighted by atomic mass is 16.2. The van der Waals surface area contributed by atoms with E-state index in [1.54, 1.807) is 0 Å². The molecule has 0 saturated carbocycles. The molecule has 1 aliphatic heterocycles. The van der Waals surface area contributed by atoms with Gasteiger partial charge >= 0.3 is 0 Å². The van der Waals surface area contributed by atoms with Gasteiger partial charge in [-0.2, -0.15) is 5.10 Å². The third-order valence-electron chi connectivity index (χ3n) is 2.76. The maximum Gasteiger partial charge on any atom is 0.274 e. The van der Waals surface area contributed by atoms with Crippen molar-refractivity contribution in [1.82, 2.24) is 15.1 Å². The molecule has 2 heterocycles. The Morgan fingerprint density at radius 1 is 1.53 bits per heavy atom. The summed E-state index contributed by atoms with van der Waals surface area (Å²) in [4.78, 5) is 13.8. The SMILES string of the molecule is CCCc1cc(C(=O)N2CCCC2)n[nH]1. The molecular weight excluding hydrogens is 190 g/mol. The Balaban J connectivity index is 2.04. The molecule has 1 fully saturated rings. The lowest BCUT2D eigenvalue weighted by Gasteiger charge is -2.12. The molecular formula is C11H17N3O. The molecule has 0 aromatic carbocycles. The lowest BCUT2D eigenvalue weighted by atomic mass is 10.2. The number of carbonyl (C=O) groups is 1. The van der Waals surface area contributed by atoms with Crippen molar-refractivity contribution < 1.29 is 4.79 Å². The van der Waals surface area contributed by atoms with E-state index >= 15 is 0 Å². The summed E-state index contributed by atoms with van der Waals surface area (Å²) in [5, 5.41) is 6.98. The van der Waals surface area contributed by atoms with E-state index in [0.29, 0.717) is 5.69 Å². The average Bonchev–Trinajstić information content (AvgIpc) is 2.87. The molecule has 1 aromatic heterocycles. The lowest BCUT2D eigenvalue weighted by molar-refractivity contribution is 0.0787. The predicted octanol–water partition coefficient (Wildman–Crippen LogP) is 1.60. The van der Waals surface area contributed by atoms with Crippen molar-refractivity contribution in [3.8, 4) is 0 Å². The first kappa shape index (κ1) is 10.2. The van der Waals surface area contributed by atoms with Crippen molar-refractivity contribution in [2.45, 2.75) is 32.6 Å². The van der Waals surface area contributed by atoms with Crippen molar-refractivity contribution in [2.24, 2.45) is 0 Å². The number of likely N-dealkylation sites (tertiary alicyclic amines) is 1. The minimum atomic E-state index is 0.0751. The Kier molecular flexibility index (Phi) is 3.04. The highest BCUT2D eigenvalue weighted by molar-refractivity contribution is 5.92.